The molecule has 7 nitrogen and oxygen atoms in total. The van der Waals surface area contributed by atoms with Gasteiger partial charge in [-0.15, -0.1) is 0 Å². The Morgan fingerprint density at radius 3 is 3.00 bits per heavy atom. The van der Waals surface area contributed by atoms with Gasteiger partial charge in [-0.25, -0.2) is 9.97 Å². The van der Waals surface area contributed by atoms with Crippen LogP contribution in [0.2, 0.25) is 0 Å². The highest BCUT2D eigenvalue weighted by atomic mass is 16.2. The zero-order chi connectivity index (χ0) is 19.3. The molecule has 28 heavy (non-hydrogen) atoms. The minimum atomic E-state index is 0.0448. The minimum absolute atomic E-state index is 0.0448. The van der Waals surface area contributed by atoms with E-state index in [0.29, 0.717) is 17.9 Å². The van der Waals surface area contributed by atoms with Crippen molar-refractivity contribution in [3.05, 3.63) is 54.4 Å². The van der Waals surface area contributed by atoms with Gasteiger partial charge >= 0.3 is 0 Å². The van der Waals surface area contributed by atoms with Crippen molar-refractivity contribution in [2.45, 2.75) is 45.1 Å². The van der Waals surface area contributed by atoms with Crippen LogP contribution in [0, 0.1) is 0 Å². The van der Waals surface area contributed by atoms with Crippen LogP contribution in [0.25, 0.3) is 11.4 Å². The van der Waals surface area contributed by atoms with Crippen LogP contribution >= 0.6 is 0 Å². The number of aromatic amines is 1. The Morgan fingerprint density at radius 2 is 2.18 bits per heavy atom. The van der Waals surface area contributed by atoms with Crippen LogP contribution in [0.3, 0.4) is 0 Å². The second-order valence-corrected chi connectivity index (χ2v) is 7.30. The number of likely N-dealkylation sites (tertiary alicyclic amines) is 1. The van der Waals surface area contributed by atoms with Gasteiger partial charge in [0, 0.05) is 43.5 Å². The lowest BCUT2D eigenvalue weighted by atomic mass is 9.95. The van der Waals surface area contributed by atoms with E-state index in [9.17, 15) is 4.79 Å². The summed E-state index contributed by atoms with van der Waals surface area (Å²) in [5.41, 5.74) is 1.45. The monoisotopic (exact) mass is 378 g/mol. The van der Waals surface area contributed by atoms with E-state index < -0.39 is 0 Å². The number of hydrogen-bond acceptors (Lipinski definition) is 4. The van der Waals surface area contributed by atoms with Gasteiger partial charge in [-0.1, -0.05) is 31.5 Å². The van der Waals surface area contributed by atoms with E-state index in [-0.39, 0.29) is 11.8 Å². The summed E-state index contributed by atoms with van der Waals surface area (Å²) in [7, 11) is 0. The number of nitrogens with zero attached hydrogens (tertiary/aromatic N) is 5. The number of aryl methyl sites for hydroxylation is 1. The number of aromatic nitrogens is 5. The summed E-state index contributed by atoms with van der Waals surface area (Å²) in [4.78, 5) is 24.1. The fourth-order valence-electron chi connectivity index (χ4n) is 3.95. The fourth-order valence-corrected chi connectivity index (χ4v) is 3.95. The van der Waals surface area contributed by atoms with Gasteiger partial charge in [0.25, 0.3) is 5.91 Å². The molecule has 3 aromatic rings. The number of nitrogens with one attached hydrogen (secondary N) is 1. The second kappa shape index (κ2) is 8.37. The number of carbonyl (C=O) groups excluding carboxylic acids is 1. The number of hydrogen-bond donors (Lipinski definition) is 1. The molecule has 2 aromatic heterocycles. The normalized spacial score (nSPS) is 17.0. The van der Waals surface area contributed by atoms with E-state index in [2.05, 4.69) is 37.9 Å². The van der Waals surface area contributed by atoms with Crippen LogP contribution in [-0.2, 0) is 6.54 Å². The standard InChI is InChI=1S/C21H26N6O/c1-2-3-11-26-13-10-22-20(26)16-7-6-12-27(14-16)21(28)18-9-5-4-8-17(18)19-23-15-24-25-19/h4-5,8-10,13,15-16H,2-3,6-7,11-12,14H2,1H3,(H,23,24,25)/t16-/m0/s1. The van der Waals surface area contributed by atoms with E-state index >= 15 is 0 Å². The molecule has 1 N–H and O–H groups in total. The quantitative estimate of drug-likeness (QED) is 0.712. The summed E-state index contributed by atoms with van der Waals surface area (Å²) in [6, 6.07) is 7.59. The van der Waals surface area contributed by atoms with E-state index in [1.165, 1.54) is 6.33 Å². The molecule has 146 valence electrons. The number of rotatable bonds is 6. The Balaban J connectivity index is 1.55. The summed E-state index contributed by atoms with van der Waals surface area (Å²) >= 11 is 0. The molecule has 7 heteroatoms. The van der Waals surface area contributed by atoms with Crippen molar-refractivity contribution < 1.29 is 4.79 Å². The summed E-state index contributed by atoms with van der Waals surface area (Å²) < 4.78 is 2.25. The van der Waals surface area contributed by atoms with Gasteiger partial charge in [0.05, 0.1) is 5.56 Å². The maximum Gasteiger partial charge on any atom is 0.254 e. The van der Waals surface area contributed by atoms with Gasteiger partial charge in [0.2, 0.25) is 0 Å². The van der Waals surface area contributed by atoms with Crippen LogP contribution in [0.4, 0.5) is 0 Å². The lowest BCUT2D eigenvalue weighted by molar-refractivity contribution is 0.0704. The summed E-state index contributed by atoms with van der Waals surface area (Å²) in [5.74, 6) is 2.05. The van der Waals surface area contributed by atoms with Crippen molar-refractivity contribution >= 4 is 5.91 Å². The summed E-state index contributed by atoms with van der Waals surface area (Å²) in [5, 5.41) is 6.78. The molecule has 4 rings (SSSR count). The van der Waals surface area contributed by atoms with E-state index in [4.69, 9.17) is 0 Å². The SMILES string of the molecule is CCCCn1ccnc1[C@H]1CCCN(C(=O)c2ccccc2-c2ncn[nH]2)C1. The fraction of sp³-hybridized carbons (Fsp3) is 0.429. The molecule has 0 spiro atoms. The maximum atomic E-state index is 13.3. The molecule has 0 saturated carbocycles. The van der Waals surface area contributed by atoms with Crippen molar-refractivity contribution in [3.63, 3.8) is 0 Å². The first kappa shape index (κ1) is 18.4. The summed E-state index contributed by atoms with van der Waals surface area (Å²) in [6.07, 6.45) is 9.76. The number of carbonyl (C=O) groups is 1. The van der Waals surface area contributed by atoms with Crippen molar-refractivity contribution in [3.8, 4) is 11.4 Å². The Kier molecular flexibility index (Phi) is 5.50. The maximum absolute atomic E-state index is 13.3. The average molecular weight is 378 g/mol. The van der Waals surface area contributed by atoms with Crippen LogP contribution in [0.5, 0.6) is 0 Å². The minimum Gasteiger partial charge on any atom is -0.338 e. The smallest absolute Gasteiger partial charge is 0.254 e. The number of amides is 1. The third-order valence-electron chi connectivity index (χ3n) is 5.40. The molecular formula is C21H26N6O. The number of imidazole rings is 1. The van der Waals surface area contributed by atoms with E-state index in [0.717, 1.165) is 50.2 Å². The highest BCUT2D eigenvalue weighted by Crippen LogP contribution is 2.29. The van der Waals surface area contributed by atoms with Gasteiger partial charge in [-0.05, 0) is 25.3 Å². The predicted octanol–water partition coefficient (Wildman–Crippen LogP) is 3.49. The molecule has 0 unspecified atom stereocenters. The highest BCUT2D eigenvalue weighted by molar-refractivity contribution is 6.00. The van der Waals surface area contributed by atoms with Crippen molar-refractivity contribution in [2.75, 3.05) is 13.1 Å². The third kappa shape index (κ3) is 3.69. The zero-order valence-electron chi connectivity index (χ0n) is 16.2. The lowest BCUT2D eigenvalue weighted by Gasteiger charge is -2.33. The second-order valence-electron chi connectivity index (χ2n) is 7.30. The third-order valence-corrected chi connectivity index (χ3v) is 5.40. The largest absolute Gasteiger partial charge is 0.338 e. The first-order valence-corrected chi connectivity index (χ1v) is 10.0. The molecule has 1 fully saturated rings. The molecule has 1 aliphatic heterocycles. The van der Waals surface area contributed by atoms with Crippen LogP contribution < -0.4 is 0 Å². The Morgan fingerprint density at radius 1 is 1.29 bits per heavy atom. The molecule has 1 saturated heterocycles. The van der Waals surface area contributed by atoms with Crippen molar-refractivity contribution in [1.82, 2.24) is 29.6 Å². The van der Waals surface area contributed by atoms with Crippen molar-refractivity contribution in [1.29, 1.82) is 0 Å². The van der Waals surface area contributed by atoms with E-state index in [1.807, 2.05) is 35.4 Å². The van der Waals surface area contributed by atoms with E-state index in [1.54, 1.807) is 0 Å². The highest BCUT2D eigenvalue weighted by Gasteiger charge is 2.29. The molecule has 1 aromatic carbocycles. The Bertz CT molecular complexity index is 917. The molecule has 0 bridgehead atoms. The predicted molar refractivity (Wildman–Crippen MR) is 107 cm³/mol. The van der Waals surface area contributed by atoms with Gasteiger partial charge in [0.15, 0.2) is 5.82 Å². The van der Waals surface area contributed by atoms with Gasteiger partial charge < -0.3 is 9.47 Å². The molecule has 3 heterocycles. The van der Waals surface area contributed by atoms with Crippen LogP contribution in [0.1, 0.15) is 54.7 Å². The Hall–Kier alpha value is -2.96. The van der Waals surface area contributed by atoms with Gasteiger partial charge in [-0.3, -0.25) is 9.89 Å². The van der Waals surface area contributed by atoms with Gasteiger partial charge in [0.1, 0.15) is 12.2 Å². The lowest BCUT2D eigenvalue weighted by Crippen LogP contribution is -2.40. The Labute approximate surface area is 164 Å². The van der Waals surface area contributed by atoms with Crippen molar-refractivity contribution in [2.24, 2.45) is 0 Å². The first-order chi connectivity index (χ1) is 13.8. The summed E-state index contributed by atoms with van der Waals surface area (Å²) in [6.45, 7) is 4.66. The molecule has 0 aliphatic carbocycles. The van der Waals surface area contributed by atoms with Crippen LogP contribution in [0.15, 0.2) is 43.0 Å². The molecule has 0 radical (unpaired) electrons. The molecule has 1 aliphatic rings. The van der Waals surface area contributed by atoms with Gasteiger partial charge in [-0.2, -0.15) is 5.10 Å². The van der Waals surface area contributed by atoms with Crippen LogP contribution in [-0.4, -0.2) is 48.6 Å². The molecule has 1 amide bonds. The number of piperidine rings is 1. The number of unbranched alkanes of at least 4 members (excludes halogenated alkanes) is 1. The number of benzene rings is 1. The first-order valence-electron chi connectivity index (χ1n) is 10.0. The molecular weight excluding hydrogens is 352 g/mol. The average Bonchev–Trinajstić information content (AvgIpc) is 3.44. The molecule has 1 atom stereocenters. The topological polar surface area (TPSA) is 79.7 Å². The number of H-pyrrole nitrogens is 1. The zero-order valence-corrected chi connectivity index (χ0v) is 16.2.